The Bertz CT molecular complexity index is 898. The summed E-state index contributed by atoms with van der Waals surface area (Å²) in [5.41, 5.74) is 0.0801. The molecule has 1 aromatic heterocycles. The number of likely N-dealkylation sites (tertiary alicyclic amines) is 1. The third-order valence-corrected chi connectivity index (χ3v) is 6.26. The highest BCUT2D eigenvalue weighted by Gasteiger charge is 2.26. The van der Waals surface area contributed by atoms with Gasteiger partial charge in [-0.2, -0.15) is 0 Å². The van der Waals surface area contributed by atoms with E-state index in [-0.39, 0.29) is 35.0 Å². The van der Waals surface area contributed by atoms with Crippen LogP contribution >= 0.6 is 22.9 Å². The Kier molecular flexibility index (Phi) is 7.78. The fourth-order valence-electron chi connectivity index (χ4n) is 3.40. The summed E-state index contributed by atoms with van der Waals surface area (Å²) in [6.07, 6.45) is 2.24. The molecular weight excluding hydrogens is 428 g/mol. The molecule has 0 aliphatic carbocycles. The molecule has 1 aromatic carbocycles. The zero-order valence-corrected chi connectivity index (χ0v) is 17.9. The first kappa shape index (κ1) is 22.2. The van der Waals surface area contributed by atoms with Crippen LogP contribution in [0.4, 0.5) is 11.4 Å². The summed E-state index contributed by atoms with van der Waals surface area (Å²) in [6.45, 7) is 2.10. The third-order valence-electron chi connectivity index (χ3n) is 5.00. The van der Waals surface area contributed by atoms with Crippen LogP contribution in [-0.4, -0.2) is 47.8 Å². The minimum Gasteiger partial charge on any atom is -0.355 e. The van der Waals surface area contributed by atoms with E-state index in [9.17, 15) is 19.7 Å². The van der Waals surface area contributed by atoms with E-state index in [0.29, 0.717) is 38.2 Å². The van der Waals surface area contributed by atoms with Crippen molar-refractivity contribution in [1.29, 1.82) is 0 Å². The molecule has 0 atom stereocenters. The Labute approximate surface area is 183 Å². The van der Waals surface area contributed by atoms with Crippen molar-refractivity contribution in [2.24, 2.45) is 5.92 Å². The molecule has 2 heterocycles. The number of hydrogen-bond acceptors (Lipinski definition) is 6. The number of nitrogens with one attached hydrogen (secondary N) is 2. The van der Waals surface area contributed by atoms with Gasteiger partial charge in [-0.1, -0.05) is 17.7 Å². The zero-order chi connectivity index (χ0) is 21.5. The number of hydrogen-bond donors (Lipinski definition) is 2. The standard InChI is InChI=1S/C20H23ClN4O4S/c21-17-4-3-15(12-18(17)25(28)29)23-19(26)13-24-9-6-14(7-10-24)20(27)22-8-5-16-2-1-11-30-16/h1-4,11-12,14H,5-10,13H2,(H,22,27)(H,23,26). The van der Waals surface area contributed by atoms with Crippen LogP contribution in [0.25, 0.3) is 0 Å². The number of nitro benzene ring substituents is 1. The number of rotatable bonds is 8. The fraction of sp³-hybridized carbons (Fsp3) is 0.400. The minimum absolute atomic E-state index is 0.0220. The highest BCUT2D eigenvalue weighted by Crippen LogP contribution is 2.27. The SMILES string of the molecule is O=C(CN1CCC(C(=O)NCCc2cccs2)CC1)Nc1ccc(Cl)c([N+](=O)[O-])c1. The van der Waals surface area contributed by atoms with Gasteiger partial charge in [-0.15, -0.1) is 11.3 Å². The van der Waals surface area contributed by atoms with Crippen LogP contribution in [0.15, 0.2) is 35.7 Å². The number of benzene rings is 1. The maximum Gasteiger partial charge on any atom is 0.289 e. The number of carbonyl (C=O) groups is 2. The molecule has 0 bridgehead atoms. The van der Waals surface area contributed by atoms with Crippen molar-refractivity contribution in [3.8, 4) is 0 Å². The van der Waals surface area contributed by atoms with E-state index < -0.39 is 4.92 Å². The van der Waals surface area contributed by atoms with Gasteiger partial charge in [0.1, 0.15) is 5.02 Å². The van der Waals surface area contributed by atoms with E-state index in [1.165, 1.54) is 23.1 Å². The van der Waals surface area contributed by atoms with Crippen LogP contribution in [0.5, 0.6) is 0 Å². The number of amides is 2. The number of halogens is 1. The number of thiophene rings is 1. The molecule has 3 rings (SSSR count). The van der Waals surface area contributed by atoms with Gasteiger partial charge in [0.15, 0.2) is 0 Å². The summed E-state index contributed by atoms with van der Waals surface area (Å²) in [4.78, 5) is 38.2. The predicted molar refractivity (Wildman–Crippen MR) is 117 cm³/mol. The van der Waals surface area contributed by atoms with Crippen molar-refractivity contribution in [3.05, 3.63) is 55.7 Å². The summed E-state index contributed by atoms with van der Waals surface area (Å²) in [7, 11) is 0. The smallest absolute Gasteiger partial charge is 0.289 e. The predicted octanol–water partition coefficient (Wildman–Crippen LogP) is 3.32. The minimum atomic E-state index is -0.589. The highest BCUT2D eigenvalue weighted by molar-refractivity contribution is 7.09. The van der Waals surface area contributed by atoms with E-state index in [0.717, 1.165) is 6.42 Å². The van der Waals surface area contributed by atoms with Crippen molar-refractivity contribution in [2.45, 2.75) is 19.3 Å². The molecular formula is C20H23ClN4O4S. The first-order valence-electron chi connectivity index (χ1n) is 9.68. The van der Waals surface area contributed by atoms with Crippen LogP contribution in [0.2, 0.25) is 5.02 Å². The Balaban J connectivity index is 1.39. The summed E-state index contributed by atoms with van der Waals surface area (Å²) < 4.78 is 0. The van der Waals surface area contributed by atoms with Gasteiger partial charge in [-0.25, -0.2) is 0 Å². The molecule has 0 saturated carbocycles. The maximum atomic E-state index is 12.3. The fourth-order valence-corrected chi connectivity index (χ4v) is 4.29. The monoisotopic (exact) mass is 450 g/mol. The third kappa shape index (κ3) is 6.25. The molecule has 0 spiro atoms. The van der Waals surface area contributed by atoms with E-state index in [1.54, 1.807) is 11.3 Å². The second-order valence-electron chi connectivity index (χ2n) is 7.14. The number of carbonyl (C=O) groups excluding carboxylic acids is 2. The second kappa shape index (κ2) is 10.5. The van der Waals surface area contributed by atoms with Gasteiger partial charge in [0.25, 0.3) is 5.69 Å². The Morgan fingerprint density at radius 2 is 2.03 bits per heavy atom. The van der Waals surface area contributed by atoms with E-state index >= 15 is 0 Å². The average molecular weight is 451 g/mol. The van der Waals surface area contributed by atoms with E-state index in [4.69, 9.17) is 11.6 Å². The number of nitro groups is 1. The molecule has 1 saturated heterocycles. The molecule has 1 aliphatic rings. The van der Waals surface area contributed by atoms with Crippen molar-refractivity contribution < 1.29 is 14.5 Å². The van der Waals surface area contributed by atoms with Crippen molar-refractivity contribution in [2.75, 3.05) is 31.5 Å². The summed E-state index contributed by atoms with van der Waals surface area (Å²) in [6, 6.07) is 8.22. The van der Waals surface area contributed by atoms with Crippen molar-refractivity contribution in [3.63, 3.8) is 0 Å². The van der Waals surface area contributed by atoms with Gasteiger partial charge in [-0.3, -0.25) is 24.6 Å². The number of piperidine rings is 1. The lowest BCUT2D eigenvalue weighted by atomic mass is 9.96. The van der Waals surface area contributed by atoms with E-state index in [1.807, 2.05) is 16.3 Å². The van der Waals surface area contributed by atoms with Gasteiger partial charge in [0, 0.05) is 29.1 Å². The first-order chi connectivity index (χ1) is 14.4. The Morgan fingerprint density at radius 1 is 1.27 bits per heavy atom. The van der Waals surface area contributed by atoms with Crippen LogP contribution < -0.4 is 10.6 Å². The van der Waals surface area contributed by atoms with Gasteiger partial charge in [0.05, 0.1) is 11.5 Å². The molecule has 0 unspecified atom stereocenters. The molecule has 1 fully saturated rings. The Hall–Kier alpha value is -2.49. The average Bonchev–Trinajstić information content (AvgIpc) is 3.23. The molecule has 1 aliphatic heterocycles. The largest absolute Gasteiger partial charge is 0.355 e. The van der Waals surface area contributed by atoms with E-state index in [2.05, 4.69) is 16.7 Å². The van der Waals surface area contributed by atoms with Gasteiger partial charge >= 0.3 is 0 Å². The lowest BCUT2D eigenvalue weighted by Crippen LogP contribution is -2.43. The van der Waals surface area contributed by atoms with Crippen LogP contribution in [-0.2, 0) is 16.0 Å². The summed E-state index contributed by atoms with van der Waals surface area (Å²) >= 11 is 7.47. The zero-order valence-electron chi connectivity index (χ0n) is 16.3. The highest BCUT2D eigenvalue weighted by atomic mass is 35.5. The molecule has 160 valence electrons. The lowest BCUT2D eigenvalue weighted by Gasteiger charge is -2.30. The molecule has 30 heavy (non-hydrogen) atoms. The van der Waals surface area contributed by atoms with Crippen molar-refractivity contribution in [1.82, 2.24) is 10.2 Å². The van der Waals surface area contributed by atoms with Gasteiger partial charge < -0.3 is 10.6 Å². The molecule has 2 N–H and O–H groups in total. The van der Waals surface area contributed by atoms with Crippen LogP contribution in [0.1, 0.15) is 17.7 Å². The van der Waals surface area contributed by atoms with Gasteiger partial charge in [-0.05, 0) is 55.9 Å². The molecule has 2 aromatic rings. The molecule has 2 amide bonds. The van der Waals surface area contributed by atoms with Crippen molar-refractivity contribution >= 4 is 46.1 Å². The summed E-state index contributed by atoms with van der Waals surface area (Å²) in [5.74, 6) is -0.221. The van der Waals surface area contributed by atoms with Gasteiger partial charge in [0.2, 0.25) is 11.8 Å². The Morgan fingerprint density at radius 3 is 2.70 bits per heavy atom. The molecule has 8 nitrogen and oxygen atoms in total. The molecule has 10 heteroatoms. The maximum absolute atomic E-state index is 12.3. The number of nitrogens with zero attached hydrogens (tertiary/aromatic N) is 2. The lowest BCUT2D eigenvalue weighted by molar-refractivity contribution is -0.384. The summed E-state index contributed by atoms with van der Waals surface area (Å²) in [5, 5.41) is 18.7. The topological polar surface area (TPSA) is 105 Å². The quantitative estimate of drug-likeness (QED) is 0.474. The molecule has 0 radical (unpaired) electrons. The normalized spacial score (nSPS) is 15.0. The van der Waals surface area contributed by atoms with Crippen LogP contribution in [0, 0.1) is 16.0 Å². The van der Waals surface area contributed by atoms with Crippen LogP contribution in [0.3, 0.4) is 0 Å². The second-order valence-corrected chi connectivity index (χ2v) is 8.58. The first-order valence-corrected chi connectivity index (χ1v) is 10.9. The number of anilines is 1.